The van der Waals surface area contributed by atoms with Crippen LogP contribution in [0.4, 0.5) is 17.2 Å². The summed E-state index contributed by atoms with van der Waals surface area (Å²) in [4.78, 5) is 19.7. The van der Waals surface area contributed by atoms with Gasteiger partial charge >= 0.3 is 0 Å². The summed E-state index contributed by atoms with van der Waals surface area (Å²) in [6.45, 7) is 0.821. The molecule has 4 N–H and O–H groups in total. The molecule has 0 radical (unpaired) electrons. The molecule has 33 heavy (non-hydrogen) atoms. The molecule has 7 heteroatoms. The average Bonchev–Trinajstić information content (AvgIpc) is 3.36. The van der Waals surface area contributed by atoms with Crippen LogP contribution in [0.2, 0.25) is 0 Å². The molecular formula is C26H28N4OS2. The SMILES string of the molecule is CS(C)(CCNc1ccc(C(=O)Nc2cc(-c3cccs3)ccc2N)cn1)c1ccccc1. The van der Waals surface area contributed by atoms with E-state index in [4.69, 9.17) is 5.73 Å². The molecule has 1 amide bonds. The fourth-order valence-electron chi connectivity index (χ4n) is 3.43. The normalized spacial score (nSPS) is 11.7. The summed E-state index contributed by atoms with van der Waals surface area (Å²) in [5, 5.41) is 8.31. The van der Waals surface area contributed by atoms with E-state index in [1.165, 1.54) is 4.90 Å². The second-order valence-electron chi connectivity index (χ2n) is 8.15. The van der Waals surface area contributed by atoms with E-state index in [0.717, 1.165) is 28.6 Å². The third kappa shape index (κ3) is 5.74. The van der Waals surface area contributed by atoms with Gasteiger partial charge in [0.25, 0.3) is 5.91 Å². The number of thiophene rings is 1. The third-order valence-electron chi connectivity index (χ3n) is 5.43. The highest BCUT2D eigenvalue weighted by Crippen LogP contribution is 2.48. The van der Waals surface area contributed by atoms with Gasteiger partial charge in [0.2, 0.25) is 0 Å². The van der Waals surface area contributed by atoms with Crippen LogP contribution in [0.15, 0.2) is 89.3 Å². The van der Waals surface area contributed by atoms with Crippen LogP contribution in [0.25, 0.3) is 10.4 Å². The summed E-state index contributed by atoms with van der Waals surface area (Å²) in [5.41, 5.74) is 8.72. The Labute approximate surface area is 200 Å². The third-order valence-corrected chi connectivity index (χ3v) is 9.12. The maximum Gasteiger partial charge on any atom is 0.257 e. The Morgan fingerprint density at radius 2 is 1.85 bits per heavy atom. The lowest BCUT2D eigenvalue weighted by molar-refractivity contribution is 0.102. The minimum absolute atomic E-state index is 0.237. The monoisotopic (exact) mass is 476 g/mol. The number of hydrogen-bond acceptors (Lipinski definition) is 5. The Balaban J connectivity index is 1.35. The molecule has 5 nitrogen and oxygen atoms in total. The van der Waals surface area contributed by atoms with Crippen LogP contribution in [-0.4, -0.2) is 35.7 Å². The first-order valence-corrected chi connectivity index (χ1v) is 14.1. The molecular weight excluding hydrogens is 448 g/mol. The van der Waals surface area contributed by atoms with E-state index in [2.05, 4.69) is 52.4 Å². The zero-order chi connectivity index (χ0) is 23.3. The maximum absolute atomic E-state index is 12.8. The van der Waals surface area contributed by atoms with Crippen molar-refractivity contribution in [2.75, 3.05) is 41.2 Å². The number of benzene rings is 2. The fourth-order valence-corrected chi connectivity index (χ4v) is 5.89. The van der Waals surface area contributed by atoms with E-state index in [0.29, 0.717) is 16.9 Å². The van der Waals surface area contributed by atoms with Crippen LogP contribution in [0.3, 0.4) is 0 Å². The molecule has 4 aromatic rings. The zero-order valence-corrected chi connectivity index (χ0v) is 20.4. The fraction of sp³-hybridized carbons (Fsp3) is 0.154. The van der Waals surface area contributed by atoms with Gasteiger partial charge in [-0.05, 0) is 64.4 Å². The lowest BCUT2D eigenvalue weighted by atomic mass is 10.1. The number of hydrogen-bond donors (Lipinski definition) is 3. The molecule has 0 unspecified atom stereocenters. The van der Waals surface area contributed by atoms with Crippen molar-refractivity contribution in [3.05, 3.63) is 89.9 Å². The minimum atomic E-state index is -0.876. The summed E-state index contributed by atoms with van der Waals surface area (Å²) in [6.07, 6.45) is 6.24. The molecule has 0 saturated carbocycles. The second kappa shape index (κ2) is 10.1. The van der Waals surface area contributed by atoms with Crippen LogP contribution in [0.5, 0.6) is 0 Å². The zero-order valence-electron chi connectivity index (χ0n) is 18.7. The molecule has 2 aromatic carbocycles. The number of carbonyl (C=O) groups is 1. The lowest BCUT2D eigenvalue weighted by Gasteiger charge is -2.31. The molecule has 2 heterocycles. The molecule has 0 saturated heterocycles. The van der Waals surface area contributed by atoms with Crippen molar-refractivity contribution >= 4 is 44.5 Å². The van der Waals surface area contributed by atoms with Gasteiger partial charge in [-0.3, -0.25) is 4.79 Å². The second-order valence-corrected chi connectivity index (χ2v) is 13.1. The summed E-state index contributed by atoms with van der Waals surface area (Å²) in [7, 11) is -0.876. The maximum atomic E-state index is 12.8. The van der Waals surface area contributed by atoms with Gasteiger partial charge in [-0.2, -0.15) is 0 Å². The van der Waals surface area contributed by atoms with E-state index >= 15 is 0 Å². The first-order valence-electron chi connectivity index (χ1n) is 10.6. The minimum Gasteiger partial charge on any atom is -0.397 e. The van der Waals surface area contributed by atoms with E-state index in [1.54, 1.807) is 23.6 Å². The van der Waals surface area contributed by atoms with Crippen LogP contribution >= 0.6 is 21.4 Å². The van der Waals surface area contributed by atoms with Crippen LogP contribution in [0.1, 0.15) is 10.4 Å². The Morgan fingerprint density at radius 3 is 2.55 bits per heavy atom. The van der Waals surface area contributed by atoms with Gasteiger partial charge in [-0.25, -0.2) is 15.0 Å². The summed E-state index contributed by atoms with van der Waals surface area (Å²) < 4.78 is 0. The average molecular weight is 477 g/mol. The number of nitrogens with one attached hydrogen (secondary N) is 2. The molecule has 0 aliphatic carbocycles. The predicted octanol–water partition coefficient (Wildman–Crippen LogP) is 6.18. The van der Waals surface area contributed by atoms with Gasteiger partial charge in [-0.15, -0.1) is 11.3 Å². The van der Waals surface area contributed by atoms with Crippen LogP contribution in [0, 0.1) is 0 Å². The number of nitrogens with two attached hydrogens (primary N) is 1. The van der Waals surface area contributed by atoms with E-state index in [9.17, 15) is 4.79 Å². The smallest absolute Gasteiger partial charge is 0.257 e. The standard InChI is InChI=1S/C26H28N4OS2/c1-33(2,21-7-4-3-5-8-21)16-14-28-25-13-11-20(18-29-25)26(31)30-23-17-19(10-12-22(23)27)24-9-6-15-32-24/h3-13,15,17-18H,14,16,27H2,1-2H3,(H,28,29)(H,30,31). The number of anilines is 3. The van der Waals surface area contributed by atoms with E-state index in [-0.39, 0.29) is 5.91 Å². The summed E-state index contributed by atoms with van der Waals surface area (Å²) in [6, 6.07) is 24.0. The van der Waals surface area contributed by atoms with Crippen molar-refractivity contribution in [3.8, 4) is 10.4 Å². The Morgan fingerprint density at radius 1 is 1.03 bits per heavy atom. The van der Waals surface area contributed by atoms with Gasteiger partial charge in [0, 0.05) is 17.6 Å². The highest BCUT2D eigenvalue weighted by atomic mass is 32.3. The molecule has 0 spiro atoms. The van der Waals surface area contributed by atoms with Crippen molar-refractivity contribution < 1.29 is 4.79 Å². The molecule has 2 aromatic heterocycles. The molecule has 0 aliphatic heterocycles. The number of nitrogen functional groups attached to an aromatic ring is 1. The van der Waals surface area contributed by atoms with Gasteiger partial charge in [0.1, 0.15) is 5.82 Å². The lowest BCUT2D eigenvalue weighted by Crippen LogP contribution is -2.15. The van der Waals surface area contributed by atoms with Crippen LogP contribution < -0.4 is 16.4 Å². The number of pyridine rings is 1. The quantitative estimate of drug-likeness (QED) is 0.265. The number of nitrogens with zero attached hydrogens (tertiary/aromatic N) is 1. The highest BCUT2D eigenvalue weighted by Gasteiger charge is 2.14. The number of aromatic nitrogens is 1. The molecule has 170 valence electrons. The Bertz CT molecular complexity index is 1210. The number of carbonyl (C=O) groups excluding carboxylic acids is 1. The van der Waals surface area contributed by atoms with E-state index in [1.807, 2.05) is 47.8 Å². The summed E-state index contributed by atoms with van der Waals surface area (Å²) in [5.74, 6) is 1.56. The van der Waals surface area contributed by atoms with Gasteiger partial charge in [-0.1, -0.05) is 42.5 Å². The van der Waals surface area contributed by atoms with Crippen molar-refractivity contribution in [2.24, 2.45) is 0 Å². The van der Waals surface area contributed by atoms with E-state index < -0.39 is 10.0 Å². The Kier molecular flexibility index (Phi) is 7.01. The van der Waals surface area contributed by atoms with Crippen molar-refractivity contribution in [1.29, 1.82) is 0 Å². The highest BCUT2D eigenvalue weighted by molar-refractivity contribution is 8.32. The van der Waals surface area contributed by atoms with Crippen molar-refractivity contribution in [1.82, 2.24) is 4.98 Å². The van der Waals surface area contributed by atoms with Crippen molar-refractivity contribution in [3.63, 3.8) is 0 Å². The van der Waals surface area contributed by atoms with Crippen LogP contribution in [-0.2, 0) is 0 Å². The Hall–Kier alpha value is -3.29. The first-order chi connectivity index (χ1) is 15.9. The first kappa shape index (κ1) is 22.9. The number of rotatable bonds is 8. The number of amides is 1. The predicted molar refractivity (Wildman–Crippen MR) is 144 cm³/mol. The van der Waals surface area contributed by atoms with Gasteiger partial charge in [0.05, 0.1) is 16.9 Å². The molecule has 0 bridgehead atoms. The topological polar surface area (TPSA) is 80.0 Å². The van der Waals surface area contributed by atoms with Gasteiger partial charge < -0.3 is 16.4 Å². The molecule has 4 rings (SSSR count). The molecule has 0 aliphatic rings. The van der Waals surface area contributed by atoms with Crippen molar-refractivity contribution in [2.45, 2.75) is 4.90 Å². The molecule has 0 atom stereocenters. The summed E-state index contributed by atoms with van der Waals surface area (Å²) >= 11 is 1.64. The largest absolute Gasteiger partial charge is 0.397 e. The van der Waals surface area contributed by atoms with Gasteiger partial charge in [0.15, 0.2) is 0 Å². The molecule has 0 fully saturated rings.